The number of ether oxygens (including phenoxy) is 1. The standard InChI is InChI=1S/C18H29NO/c1-13(2)16-17(14-9-7-6-8-10-14)20-12-11-15(19-16)18(3,4)5/h6-10,13,15-17,19H,11-12H2,1-5H3. The van der Waals surface area contributed by atoms with Gasteiger partial charge in [0.2, 0.25) is 0 Å². The van der Waals surface area contributed by atoms with Crippen molar-refractivity contribution in [1.29, 1.82) is 0 Å². The van der Waals surface area contributed by atoms with E-state index in [0.29, 0.717) is 18.0 Å². The van der Waals surface area contributed by atoms with E-state index in [1.165, 1.54) is 5.56 Å². The van der Waals surface area contributed by atoms with Gasteiger partial charge in [0, 0.05) is 18.7 Å². The van der Waals surface area contributed by atoms with Crippen molar-refractivity contribution >= 4 is 0 Å². The number of rotatable bonds is 2. The zero-order chi connectivity index (χ0) is 14.8. The van der Waals surface area contributed by atoms with Crippen LogP contribution in [0, 0.1) is 11.3 Å². The fourth-order valence-electron chi connectivity index (χ4n) is 2.99. The van der Waals surface area contributed by atoms with E-state index in [-0.39, 0.29) is 11.5 Å². The predicted octanol–water partition coefficient (Wildman–Crippen LogP) is 4.18. The lowest BCUT2D eigenvalue weighted by atomic mass is 9.83. The van der Waals surface area contributed by atoms with Gasteiger partial charge in [-0.15, -0.1) is 0 Å². The van der Waals surface area contributed by atoms with Crippen LogP contribution in [0.4, 0.5) is 0 Å². The van der Waals surface area contributed by atoms with Crippen LogP contribution in [0.25, 0.3) is 0 Å². The minimum absolute atomic E-state index is 0.156. The van der Waals surface area contributed by atoms with Crippen LogP contribution in [0.15, 0.2) is 30.3 Å². The van der Waals surface area contributed by atoms with E-state index in [4.69, 9.17) is 4.74 Å². The quantitative estimate of drug-likeness (QED) is 0.874. The maximum Gasteiger partial charge on any atom is 0.0980 e. The van der Waals surface area contributed by atoms with Crippen LogP contribution < -0.4 is 5.32 Å². The molecule has 2 nitrogen and oxygen atoms in total. The number of hydrogen-bond acceptors (Lipinski definition) is 2. The summed E-state index contributed by atoms with van der Waals surface area (Å²) in [6.45, 7) is 12.3. The average molecular weight is 275 g/mol. The van der Waals surface area contributed by atoms with Gasteiger partial charge in [0.25, 0.3) is 0 Å². The van der Waals surface area contributed by atoms with Crippen molar-refractivity contribution in [3.8, 4) is 0 Å². The largest absolute Gasteiger partial charge is 0.372 e. The van der Waals surface area contributed by atoms with Crippen LogP contribution in [0.5, 0.6) is 0 Å². The first kappa shape index (κ1) is 15.5. The molecule has 2 heteroatoms. The molecule has 0 saturated carbocycles. The third kappa shape index (κ3) is 3.62. The molecule has 0 amide bonds. The molecule has 1 aliphatic rings. The Balaban J connectivity index is 2.24. The van der Waals surface area contributed by atoms with Crippen LogP contribution in [0.2, 0.25) is 0 Å². The van der Waals surface area contributed by atoms with Crippen LogP contribution >= 0.6 is 0 Å². The van der Waals surface area contributed by atoms with E-state index in [1.54, 1.807) is 0 Å². The Morgan fingerprint density at radius 3 is 2.35 bits per heavy atom. The van der Waals surface area contributed by atoms with E-state index in [1.807, 2.05) is 0 Å². The molecule has 1 saturated heterocycles. The Hall–Kier alpha value is -0.860. The molecule has 3 atom stereocenters. The van der Waals surface area contributed by atoms with Gasteiger partial charge in [-0.1, -0.05) is 65.0 Å². The van der Waals surface area contributed by atoms with Crippen molar-refractivity contribution in [1.82, 2.24) is 5.32 Å². The van der Waals surface area contributed by atoms with Gasteiger partial charge in [-0.3, -0.25) is 0 Å². The van der Waals surface area contributed by atoms with Gasteiger partial charge in [-0.25, -0.2) is 0 Å². The highest BCUT2D eigenvalue weighted by Gasteiger charge is 2.35. The van der Waals surface area contributed by atoms with Gasteiger partial charge in [-0.05, 0) is 23.3 Å². The third-order valence-electron chi connectivity index (χ3n) is 4.32. The summed E-state index contributed by atoms with van der Waals surface area (Å²) in [7, 11) is 0. The summed E-state index contributed by atoms with van der Waals surface area (Å²) >= 11 is 0. The lowest BCUT2D eigenvalue weighted by molar-refractivity contribution is 0.0305. The van der Waals surface area contributed by atoms with Crippen LogP contribution in [-0.2, 0) is 4.74 Å². The molecule has 1 heterocycles. The molecule has 2 rings (SSSR count). The van der Waals surface area contributed by atoms with Crippen LogP contribution in [0.1, 0.15) is 52.7 Å². The van der Waals surface area contributed by atoms with Crippen LogP contribution in [-0.4, -0.2) is 18.7 Å². The molecule has 0 bridgehead atoms. The van der Waals surface area contributed by atoms with Gasteiger partial charge in [0.1, 0.15) is 0 Å². The van der Waals surface area contributed by atoms with Crippen molar-refractivity contribution < 1.29 is 4.74 Å². The van der Waals surface area contributed by atoms with Crippen molar-refractivity contribution in [3.63, 3.8) is 0 Å². The fraction of sp³-hybridized carbons (Fsp3) is 0.667. The van der Waals surface area contributed by atoms with Crippen molar-refractivity contribution in [2.45, 2.75) is 59.2 Å². The van der Waals surface area contributed by atoms with E-state index < -0.39 is 0 Å². The number of hydrogen-bond donors (Lipinski definition) is 1. The molecule has 3 unspecified atom stereocenters. The van der Waals surface area contributed by atoms with Crippen molar-refractivity contribution in [2.24, 2.45) is 11.3 Å². The summed E-state index contributed by atoms with van der Waals surface area (Å²) < 4.78 is 6.23. The third-order valence-corrected chi connectivity index (χ3v) is 4.32. The molecule has 112 valence electrons. The molecule has 0 radical (unpaired) electrons. The molecule has 0 aliphatic carbocycles. The van der Waals surface area contributed by atoms with Crippen LogP contribution in [0.3, 0.4) is 0 Å². The monoisotopic (exact) mass is 275 g/mol. The summed E-state index contributed by atoms with van der Waals surface area (Å²) in [5.74, 6) is 0.545. The molecule has 1 N–H and O–H groups in total. The topological polar surface area (TPSA) is 21.3 Å². The zero-order valence-electron chi connectivity index (χ0n) is 13.5. The highest BCUT2D eigenvalue weighted by atomic mass is 16.5. The van der Waals surface area contributed by atoms with E-state index >= 15 is 0 Å². The fourth-order valence-corrected chi connectivity index (χ4v) is 2.99. The summed E-state index contributed by atoms with van der Waals surface area (Å²) in [5, 5.41) is 3.88. The Morgan fingerprint density at radius 2 is 1.80 bits per heavy atom. The zero-order valence-corrected chi connectivity index (χ0v) is 13.5. The Labute approximate surface area is 123 Å². The lowest BCUT2D eigenvalue weighted by Crippen LogP contribution is -2.48. The predicted molar refractivity (Wildman–Crippen MR) is 84.8 cm³/mol. The Bertz CT molecular complexity index is 407. The minimum atomic E-state index is 0.156. The van der Waals surface area contributed by atoms with E-state index in [0.717, 1.165) is 13.0 Å². The molecule has 0 spiro atoms. The first-order chi connectivity index (χ1) is 9.39. The molecule has 1 aliphatic heterocycles. The highest BCUT2D eigenvalue weighted by molar-refractivity contribution is 5.20. The normalized spacial score (nSPS) is 28.4. The smallest absolute Gasteiger partial charge is 0.0980 e. The van der Waals surface area contributed by atoms with Gasteiger partial charge < -0.3 is 10.1 Å². The van der Waals surface area contributed by atoms with Gasteiger partial charge in [0.05, 0.1) is 6.10 Å². The molecule has 20 heavy (non-hydrogen) atoms. The van der Waals surface area contributed by atoms with Crippen molar-refractivity contribution in [3.05, 3.63) is 35.9 Å². The number of benzene rings is 1. The second-order valence-electron chi connectivity index (χ2n) is 7.35. The SMILES string of the molecule is CC(C)C1NC(C(C)(C)C)CCOC1c1ccccc1. The van der Waals surface area contributed by atoms with Gasteiger partial charge >= 0.3 is 0 Å². The molecular formula is C18H29NO. The Kier molecular flexibility index (Phi) is 4.87. The van der Waals surface area contributed by atoms with E-state index in [9.17, 15) is 0 Å². The maximum atomic E-state index is 6.23. The average Bonchev–Trinajstić information content (AvgIpc) is 2.61. The molecule has 0 aromatic heterocycles. The lowest BCUT2D eigenvalue weighted by Gasteiger charge is -2.36. The molecule has 1 aromatic carbocycles. The first-order valence-electron chi connectivity index (χ1n) is 7.82. The highest BCUT2D eigenvalue weighted by Crippen LogP contribution is 2.32. The van der Waals surface area contributed by atoms with Crippen molar-refractivity contribution in [2.75, 3.05) is 6.61 Å². The molecule has 1 fully saturated rings. The Morgan fingerprint density at radius 1 is 1.15 bits per heavy atom. The summed E-state index contributed by atoms with van der Waals surface area (Å²) in [5.41, 5.74) is 1.55. The van der Waals surface area contributed by atoms with Gasteiger partial charge in [0.15, 0.2) is 0 Å². The van der Waals surface area contributed by atoms with E-state index in [2.05, 4.69) is 70.3 Å². The summed E-state index contributed by atoms with van der Waals surface area (Å²) in [6.07, 6.45) is 1.24. The summed E-state index contributed by atoms with van der Waals surface area (Å²) in [4.78, 5) is 0. The minimum Gasteiger partial charge on any atom is -0.372 e. The summed E-state index contributed by atoms with van der Waals surface area (Å²) in [6, 6.07) is 11.5. The maximum absolute atomic E-state index is 6.23. The first-order valence-corrected chi connectivity index (χ1v) is 7.82. The molecule has 1 aromatic rings. The second kappa shape index (κ2) is 6.28. The molecular weight excluding hydrogens is 246 g/mol. The number of nitrogens with one attached hydrogen (secondary N) is 1. The van der Waals surface area contributed by atoms with Gasteiger partial charge in [-0.2, -0.15) is 0 Å². The second-order valence-corrected chi connectivity index (χ2v) is 7.35.